The molecule has 0 aromatic heterocycles. The number of halogens is 1. The highest BCUT2D eigenvalue weighted by atomic mass is 35.5. The summed E-state index contributed by atoms with van der Waals surface area (Å²) in [7, 11) is 1.32. The first-order valence-corrected chi connectivity index (χ1v) is 11.0. The van der Waals surface area contributed by atoms with Crippen LogP contribution in [0.5, 0.6) is 0 Å². The summed E-state index contributed by atoms with van der Waals surface area (Å²) in [5, 5.41) is 7.19. The zero-order chi connectivity index (χ0) is 21.7. The summed E-state index contributed by atoms with van der Waals surface area (Å²) < 4.78 is 4.75. The fourth-order valence-corrected chi connectivity index (χ4v) is 4.05. The van der Waals surface area contributed by atoms with Gasteiger partial charge in [0.2, 0.25) is 0 Å². The standard InChI is InChI=1S/C23H28ClN3O2S/c1-15-10-12-27(13-11-15)19-7-4-17(5-8-19)16(2)25-23(30)26-18-6-9-21(24)20(14-18)22(28)29-3/h4-9,14-16H,10-13H2,1-3H3,(H2,25,26,30)/t16-/m0/s1. The van der Waals surface area contributed by atoms with Crippen molar-refractivity contribution in [3.8, 4) is 0 Å². The van der Waals surface area contributed by atoms with Gasteiger partial charge in [-0.2, -0.15) is 0 Å². The normalized spacial score (nSPS) is 15.4. The number of esters is 1. The first-order chi connectivity index (χ1) is 14.4. The van der Waals surface area contributed by atoms with E-state index in [-0.39, 0.29) is 6.04 Å². The fraction of sp³-hybridized carbons (Fsp3) is 0.391. The largest absolute Gasteiger partial charge is 0.465 e. The summed E-state index contributed by atoms with van der Waals surface area (Å²) in [6.45, 7) is 6.63. The van der Waals surface area contributed by atoms with Gasteiger partial charge in [-0.15, -0.1) is 0 Å². The molecule has 0 spiro atoms. The Labute approximate surface area is 188 Å². The molecule has 3 rings (SSSR count). The third kappa shape index (κ3) is 5.64. The van der Waals surface area contributed by atoms with E-state index in [4.69, 9.17) is 28.6 Å². The zero-order valence-corrected chi connectivity index (χ0v) is 19.1. The van der Waals surface area contributed by atoms with Gasteiger partial charge >= 0.3 is 5.97 Å². The Hall–Kier alpha value is -2.31. The molecule has 0 unspecified atom stereocenters. The third-order valence-electron chi connectivity index (χ3n) is 5.52. The molecule has 2 aromatic rings. The lowest BCUT2D eigenvalue weighted by Crippen LogP contribution is -2.33. The molecule has 5 nitrogen and oxygen atoms in total. The molecule has 1 aliphatic rings. The van der Waals surface area contributed by atoms with Crippen molar-refractivity contribution in [2.24, 2.45) is 5.92 Å². The van der Waals surface area contributed by atoms with Crippen molar-refractivity contribution < 1.29 is 9.53 Å². The van der Waals surface area contributed by atoms with E-state index in [0.29, 0.717) is 21.4 Å². The number of rotatable bonds is 5. The van der Waals surface area contributed by atoms with Crippen LogP contribution in [-0.2, 0) is 4.74 Å². The first kappa shape index (κ1) is 22.4. The number of anilines is 2. The molecule has 1 aliphatic heterocycles. The monoisotopic (exact) mass is 445 g/mol. The lowest BCUT2D eigenvalue weighted by atomic mass is 9.98. The highest BCUT2D eigenvalue weighted by Gasteiger charge is 2.17. The van der Waals surface area contributed by atoms with Crippen LogP contribution in [0.2, 0.25) is 5.02 Å². The Kier molecular flexibility index (Phi) is 7.56. The smallest absolute Gasteiger partial charge is 0.339 e. The van der Waals surface area contributed by atoms with Gasteiger partial charge in [0.15, 0.2) is 5.11 Å². The van der Waals surface area contributed by atoms with E-state index in [0.717, 1.165) is 24.6 Å². The average molecular weight is 446 g/mol. The van der Waals surface area contributed by atoms with Crippen LogP contribution in [0, 0.1) is 5.92 Å². The minimum atomic E-state index is -0.487. The topological polar surface area (TPSA) is 53.6 Å². The number of carbonyl (C=O) groups excluding carboxylic acids is 1. The molecule has 7 heteroatoms. The summed E-state index contributed by atoms with van der Waals surface area (Å²) in [6, 6.07) is 13.7. The predicted octanol–water partition coefficient (Wildman–Crippen LogP) is 5.41. The lowest BCUT2D eigenvalue weighted by molar-refractivity contribution is 0.0601. The highest BCUT2D eigenvalue weighted by Crippen LogP contribution is 2.25. The zero-order valence-electron chi connectivity index (χ0n) is 17.6. The molecule has 2 N–H and O–H groups in total. The van der Waals surface area contributed by atoms with Crippen molar-refractivity contribution in [1.29, 1.82) is 0 Å². The SMILES string of the molecule is COC(=O)c1cc(NC(=S)N[C@@H](C)c2ccc(N3CCC(C)CC3)cc2)ccc1Cl. The van der Waals surface area contributed by atoms with Gasteiger partial charge in [-0.1, -0.05) is 30.7 Å². The number of thiocarbonyl (C=S) groups is 1. The van der Waals surface area contributed by atoms with E-state index >= 15 is 0 Å². The van der Waals surface area contributed by atoms with Crippen LogP contribution in [-0.4, -0.2) is 31.3 Å². The number of hydrogen-bond acceptors (Lipinski definition) is 4. The van der Waals surface area contributed by atoms with Crippen molar-refractivity contribution in [3.63, 3.8) is 0 Å². The molecule has 1 fully saturated rings. The maximum atomic E-state index is 11.8. The van der Waals surface area contributed by atoms with Crippen LogP contribution in [0.4, 0.5) is 11.4 Å². The van der Waals surface area contributed by atoms with Gasteiger partial charge in [-0.25, -0.2) is 4.79 Å². The number of methoxy groups -OCH3 is 1. The Morgan fingerprint density at radius 2 is 1.87 bits per heavy atom. The molecule has 0 saturated carbocycles. The van der Waals surface area contributed by atoms with Gasteiger partial charge < -0.3 is 20.3 Å². The van der Waals surface area contributed by atoms with Gasteiger partial charge in [-0.05, 0) is 73.8 Å². The molecule has 30 heavy (non-hydrogen) atoms. The number of benzene rings is 2. The number of hydrogen-bond donors (Lipinski definition) is 2. The second-order valence-electron chi connectivity index (χ2n) is 7.77. The van der Waals surface area contributed by atoms with E-state index in [1.165, 1.54) is 25.6 Å². The summed E-state index contributed by atoms with van der Waals surface area (Å²) in [5.74, 6) is 0.335. The summed E-state index contributed by atoms with van der Waals surface area (Å²) in [6.07, 6.45) is 2.50. The molecule has 1 heterocycles. The van der Waals surface area contributed by atoms with Crippen molar-refractivity contribution in [3.05, 3.63) is 58.6 Å². The Bertz CT molecular complexity index is 896. The molecule has 1 saturated heterocycles. The van der Waals surface area contributed by atoms with Crippen LogP contribution in [0.15, 0.2) is 42.5 Å². The van der Waals surface area contributed by atoms with E-state index in [2.05, 4.69) is 53.6 Å². The number of nitrogens with one attached hydrogen (secondary N) is 2. The molecule has 0 aliphatic carbocycles. The molecule has 2 aromatic carbocycles. The fourth-order valence-electron chi connectivity index (χ4n) is 3.56. The van der Waals surface area contributed by atoms with Gasteiger partial charge in [0.1, 0.15) is 0 Å². The van der Waals surface area contributed by atoms with E-state index in [9.17, 15) is 4.79 Å². The Balaban J connectivity index is 1.58. The van der Waals surface area contributed by atoms with Crippen LogP contribution in [0.1, 0.15) is 48.7 Å². The van der Waals surface area contributed by atoms with Gasteiger partial charge in [0.05, 0.1) is 23.7 Å². The van der Waals surface area contributed by atoms with Crippen LogP contribution >= 0.6 is 23.8 Å². The second-order valence-corrected chi connectivity index (χ2v) is 8.58. The molecule has 0 amide bonds. The molecule has 0 bridgehead atoms. The summed E-state index contributed by atoms with van der Waals surface area (Å²) >= 11 is 11.5. The maximum absolute atomic E-state index is 11.8. The molecule has 1 atom stereocenters. The quantitative estimate of drug-likeness (QED) is 0.474. The van der Waals surface area contributed by atoms with Crippen LogP contribution in [0.3, 0.4) is 0 Å². The predicted molar refractivity (Wildman–Crippen MR) is 128 cm³/mol. The van der Waals surface area contributed by atoms with Crippen LogP contribution < -0.4 is 15.5 Å². The number of carbonyl (C=O) groups is 1. The average Bonchev–Trinajstić information content (AvgIpc) is 2.75. The Morgan fingerprint density at radius 3 is 2.50 bits per heavy atom. The molecular formula is C23H28ClN3O2S. The lowest BCUT2D eigenvalue weighted by Gasteiger charge is -2.32. The molecule has 0 radical (unpaired) electrons. The molecule has 160 valence electrons. The second kappa shape index (κ2) is 10.1. The van der Waals surface area contributed by atoms with E-state index in [1.54, 1.807) is 18.2 Å². The van der Waals surface area contributed by atoms with E-state index in [1.807, 2.05) is 0 Å². The maximum Gasteiger partial charge on any atom is 0.339 e. The van der Waals surface area contributed by atoms with Crippen molar-refractivity contribution >= 4 is 46.3 Å². The van der Waals surface area contributed by atoms with Crippen molar-refractivity contribution in [2.75, 3.05) is 30.4 Å². The number of piperidine rings is 1. The van der Waals surface area contributed by atoms with Gasteiger partial charge in [-0.3, -0.25) is 0 Å². The van der Waals surface area contributed by atoms with Crippen molar-refractivity contribution in [1.82, 2.24) is 5.32 Å². The number of nitrogens with zero attached hydrogens (tertiary/aromatic N) is 1. The summed E-state index contributed by atoms with van der Waals surface area (Å²) in [4.78, 5) is 14.3. The summed E-state index contributed by atoms with van der Waals surface area (Å²) in [5.41, 5.74) is 3.39. The highest BCUT2D eigenvalue weighted by molar-refractivity contribution is 7.80. The van der Waals surface area contributed by atoms with E-state index < -0.39 is 5.97 Å². The third-order valence-corrected chi connectivity index (χ3v) is 6.07. The van der Waals surface area contributed by atoms with Gasteiger partial charge in [0, 0.05) is 24.5 Å². The number of ether oxygens (including phenoxy) is 1. The van der Waals surface area contributed by atoms with Crippen molar-refractivity contribution in [2.45, 2.75) is 32.7 Å². The minimum absolute atomic E-state index is 0.0350. The van der Waals surface area contributed by atoms with Gasteiger partial charge in [0.25, 0.3) is 0 Å². The minimum Gasteiger partial charge on any atom is -0.465 e. The molecular weight excluding hydrogens is 418 g/mol. The first-order valence-electron chi connectivity index (χ1n) is 10.2. The Morgan fingerprint density at radius 1 is 1.20 bits per heavy atom. The van der Waals surface area contributed by atoms with Crippen LogP contribution in [0.25, 0.3) is 0 Å².